The van der Waals surface area contributed by atoms with Crippen LogP contribution in [-0.2, 0) is 4.57 Å². The van der Waals surface area contributed by atoms with Crippen molar-refractivity contribution >= 4 is 12.9 Å². The maximum absolute atomic E-state index is 11.4. The third-order valence-electron chi connectivity index (χ3n) is 2.02. The van der Waals surface area contributed by atoms with Crippen molar-refractivity contribution in [2.75, 3.05) is 6.66 Å². The summed E-state index contributed by atoms with van der Waals surface area (Å²) in [5.41, 5.74) is 0.886. The molecule has 4 nitrogen and oxygen atoms in total. The van der Waals surface area contributed by atoms with Crippen LogP contribution < -0.4 is 10.5 Å². The van der Waals surface area contributed by atoms with Crippen LogP contribution in [0.1, 0.15) is 0 Å². The zero-order valence-electron chi connectivity index (χ0n) is 8.20. The number of hydrogen-bond acceptors (Lipinski definition) is 3. The number of para-hydroxylation sites is 1. The van der Waals surface area contributed by atoms with E-state index < -0.39 is 7.37 Å². The Bertz CT molecular complexity index is 501. The molecule has 0 N–H and O–H groups in total. The van der Waals surface area contributed by atoms with Crippen LogP contribution in [0.3, 0.4) is 0 Å². The summed E-state index contributed by atoms with van der Waals surface area (Å²) in [4.78, 5) is 15.3. The zero-order valence-corrected chi connectivity index (χ0v) is 9.09. The molecule has 1 aromatic carbocycles. The maximum atomic E-state index is 11.4. The second kappa shape index (κ2) is 3.65. The quantitative estimate of drug-likeness (QED) is 0.703. The van der Waals surface area contributed by atoms with Crippen molar-refractivity contribution in [1.82, 2.24) is 9.55 Å². The minimum Gasteiger partial charge on any atom is -0.794 e. The van der Waals surface area contributed by atoms with Gasteiger partial charge in [0.1, 0.15) is 0 Å². The second-order valence-electron chi connectivity index (χ2n) is 3.28. The summed E-state index contributed by atoms with van der Waals surface area (Å²) < 4.78 is 13.0. The van der Waals surface area contributed by atoms with Crippen LogP contribution in [-0.4, -0.2) is 16.2 Å². The van der Waals surface area contributed by atoms with Crippen molar-refractivity contribution < 1.29 is 9.46 Å². The summed E-state index contributed by atoms with van der Waals surface area (Å²) in [6.07, 6.45) is 3.12. The first kappa shape index (κ1) is 10.1. The molecular formula is C10H10N2O2P-. The molecule has 0 saturated heterocycles. The molecule has 0 bridgehead atoms. The molecule has 1 aromatic heterocycles. The predicted molar refractivity (Wildman–Crippen MR) is 56.7 cm³/mol. The Morgan fingerprint density at radius 2 is 2.00 bits per heavy atom. The molecule has 0 saturated carbocycles. The highest BCUT2D eigenvalue weighted by Crippen LogP contribution is 2.28. The molecule has 5 heteroatoms. The van der Waals surface area contributed by atoms with Crippen molar-refractivity contribution in [3.8, 4) is 5.69 Å². The van der Waals surface area contributed by atoms with Crippen molar-refractivity contribution in [2.45, 2.75) is 0 Å². The average Bonchev–Trinajstić information content (AvgIpc) is 2.67. The van der Waals surface area contributed by atoms with Crippen LogP contribution in [0.25, 0.3) is 5.69 Å². The van der Waals surface area contributed by atoms with Gasteiger partial charge in [-0.2, -0.15) is 0 Å². The highest BCUT2D eigenvalue weighted by Gasteiger charge is 2.12. The first-order valence-corrected chi connectivity index (χ1v) is 6.54. The third-order valence-corrected chi connectivity index (χ3v) is 3.08. The smallest absolute Gasteiger partial charge is 0.159 e. The molecule has 1 unspecified atom stereocenters. The van der Waals surface area contributed by atoms with Gasteiger partial charge in [-0.15, -0.1) is 0 Å². The van der Waals surface area contributed by atoms with Crippen LogP contribution >= 0.6 is 7.37 Å². The highest BCUT2D eigenvalue weighted by molar-refractivity contribution is 7.63. The van der Waals surface area contributed by atoms with Gasteiger partial charge in [-0.25, -0.2) is 4.98 Å². The summed E-state index contributed by atoms with van der Waals surface area (Å²) in [7, 11) is -3.57. The lowest BCUT2D eigenvalue weighted by molar-refractivity contribution is -0.170. The van der Waals surface area contributed by atoms with Gasteiger partial charge in [-0.1, -0.05) is 18.2 Å². The van der Waals surface area contributed by atoms with E-state index in [-0.39, 0.29) is 5.57 Å². The van der Waals surface area contributed by atoms with E-state index in [0.29, 0.717) is 0 Å². The summed E-state index contributed by atoms with van der Waals surface area (Å²) in [6, 6.07) is 9.25. The summed E-state index contributed by atoms with van der Waals surface area (Å²) in [5.74, 6) is 0. The average molecular weight is 221 g/mol. The molecule has 1 heterocycles. The van der Waals surface area contributed by atoms with Gasteiger partial charge in [-0.05, 0) is 18.8 Å². The monoisotopic (exact) mass is 221 g/mol. The molecular weight excluding hydrogens is 211 g/mol. The minimum atomic E-state index is -3.57. The second-order valence-corrected chi connectivity index (χ2v) is 5.37. The highest BCUT2D eigenvalue weighted by atomic mass is 31.2. The van der Waals surface area contributed by atoms with Gasteiger partial charge in [0.25, 0.3) is 0 Å². The molecule has 2 rings (SSSR count). The Balaban J connectivity index is 2.56. The lowest BCUT2D eigenvalue weighted by Crippen LogP contribution is -2.23. The number of hydrogen-bond donors (Lipinski definition) is 0. The SMILES string of the molecule is CP(=O)([O-])c1nccn1-c1ccccc1. The molecule has 0 aliphatic rings. The molecule has 0 spiro atoms. The standard InChI is InChI=1S/C10H11N2O2P/c1-15(13,14)10-11-7-8-12(10)9-5-3-2-4-6-9/h2-8H,1H3,(H,13,14)/p-1. The first-order chi connectivity index (χ1) is 7.09. The Morgan fingerprint density at radius 1 is 1.33 bits per heavy atom. The molecule has 15 heavy (non-hydrogen) atoms. The lowest BCUT2D eigenvalue weighted by Gasteiger charge is -2.18. The van der Waals surface area contributed by atoms with Crippen LogP contribution in [0.4, 0.5) is 0 Å². The van der Waals surface area contributed by atoms with Crippen LogP contribution in [0.2, 0.25) is 0 Å². The molecule has 78 valence electrons. The number of nitrogens with zero attached hydrogens (tertiary/aromatic N) is 2. The number of rotatable bonds is 2. The molecule has 0 radical (unpaired) electrons. The van der Waals surface area contributed by atoms with Crippen LogP contribution in [0.15, 0.2) is 42.7 Å². The molecule has 1 atom stereocenters. The predicted octanol–water partition coefficient (Wildman–Crippen LogP) is 0.766. The fourth-order valence-corrected chi connectivity index (χ4v) is 2.24. The van der Waals surface area contributed by atoms with E-state index in [9.17, 15) is 9.46 Å². The summed E-state index contributed by atoms with van der Waals surface area (Å²) in [5, 5.41) is 0. The van der Waals surface area contributed by atoms with Crippen molar-refractivity contribution in [3.63, 3.8) is 0 Å². The fourth-order valence-electron chi connectivity index (χ4n) is 1.39. The summed E-state index contributed by atoms with van der Waals surface area (Å²) >= 11 is 0. The van der Waals surface area contributed by atoms with Crippen LogP contribution in [0.5, 0.6) is 0 Å². The van der Waals surface area contributed by atoms with E-state index in [1.54, 1.807) is 10.8 Å². The first-order valence-electron chi connectivity index (χ1n) is 4.47. The van der Waals surface area contributed by atoms with E-state index in [2.05, 4.69) is 4.98 Å². The van der Waals surface area contributed by atoms with E-state index >= 15 is 0 Å². The largest absolute Gasteiger partial charge is 0.794 e. The number of aromatic nitrogens is 2. The normalized spacial score (nSPS) is 14.8. The van der Waals surface area contributed by atoms with E-state index in [4.69, 9.17) is 0 Å². The van der Waals surface area contributed by atoms with Gasteiger partial charge in [0.2, 0.25) is 0 Å². The van der Waals surface area contributed by atoms with Gasteiger partial charge < -0.3 is 9.46 Å². The lowest BCUT2D eigenvalue weighted by atomic mass is 10.3. The molecule has 0 amide bonds. The summed E-state index contributed by atoms with van der Waals surface area (Å²) in [6.45, 7) is 1.18. The Labute approximate surface area is 87.7 Å². The van der Waals surface area contributed by atoms with E-state index in [0.717, 1.165) is 5.69 Å². The molecule has 0 fully saturated rings. The van der Waals surface area contributed by atoms with Crippen molar-refractivity contribution in [2.24, 2.45) is 0 Å². The van der Waals surface area contributed by atoms with E-state index in [1.807, 2.05) is 30.3 Å². The van der Waals surface area contributed by atoms with Gasteiger partial charge >= 0.3 is 0 Å². The molecule has 2 aromatic rings. The Kier molecular flexibility index (Phi) is 2.47. The van der Waals surface area contributed by atoms with Crippen molar-refractivity contribution in [3.05, 3.63) is 42.7 Å². The van der Waals surface area contributed by atoms with Gasteiger partial charge in [0, 0.05) is 18.1 Å². The fraction of sp³-hybridized carbons (Fsp3) is 0.100. The van der Waals surface area contributed by atoms with Crippen molar-refractivity contribution in [1.29, 1.82) is 0 Å². The number of imidazole rings is 1. The zero-order chi connectivity index (χ0) is 10.9. The van der Waals surface area contributed by atoms with Crippen LogP contribution in [0, 0.1) is 0 Å². The van der Waals surface area contributed by atoms with Gasteiger partial charge in [0.15, 0.2) is 5.57 Å². The van der Waals surface area contributed by atoms with Gasteiger partial charge in [0.05, 0.1) is 7.37 Å². The van der Waals surface area contributed by atoms with Gasteiger partial charge in [-0.3, -0.25) is 4.57 Å². The molecule has 0 aliphatic carbocycles. The topological polar surface area (TPSA) is 57.9 Å². The maximum Gasteiger partial charge on any atom is 0.159 e. The Hall–Kier alpha value is -1.38. The Morgan fingerprint density at radius 3 is 2.60 bits per heavy atom. The number of benzene rings is 1. The molecule has 0 aliphatic heterocycles. The van der Waals surface area contributed by atoms with E-state index in [1.165, 1.54) is 12.9 Å². The third kappa shape index (κ3) is 2.01. The minimum absolute atomic E-state index is 0.0914.